The van der Waals surface area contributed by atoms with E-state index in [0.717, 1.165) is 19.4 Å². The topological polar surface area (TPSA) is 65.5 Å². The van der Waals surface area contributed by atoms with E-state index in [9.17, 15) is 8.42 Å². The third kappa shape index (κ3) is 3.11. The van der Waals surface area contributed by atoms with Crippen LogP contribution in [0.1, 0.15) is 12.8 Å². The summed E-state index contributed by atoms with van der Waals surface area (Å²) in [5.41, 5.74) is 0. The average molecular weight is 298 g/mol. The van der Waals surface area contributed by atoms with Crippen LogP contribution in [0.5, 0.6) is 0 Å². The second kappa shape index (κ2) is 6.07. The van der Waals surface area contributed by atoms with Gasteiger partial charge in [0.25, 0.3) is 0 Å². The van der Waals surface area contributed by atoms with Crippen LogP contribution in [-0.4, -0.2) is 62.9 Å². The molecule has 0 aliphatic carbocycles. The zero-order valence-corrected chi connectivity index (χ0v) is 13.0. The molecule has 112 valence electrons. The van der Waals surface area contributed by atoms with Crippen LogP contribution in [0.3, 0.4) is 0 Å². The number of sulfonamides is 1. The summed E-state index contributed by atoms with van der Waals surface area (Å²) in [7, 11) is 1.97. The zero-order valence-electron chi connectivity index (χ0n) is 12.2. The summed E-state index contributed by atoms with van der Waals surface area (Å²) < 4.78 is 26.4. The number of anilines is 1. The van der Waals surface area contributed by atoms with Gasteiger partial charge in [-0.3, -0.25) is 0 Å². The van der Waals surface area contributed by atoms with Crippen molar-refractivity contribution in [2.75, 3.05) is 39.5 Å². The molecule has 1 saturated heterocycles. The summed E-state index contributed by atoms with van der Waals surface area (Å²) in [6, 6.07) is 3.56. The van der Waals surface area contributed by atoms with Gasteiger partial charge in [0.05, 0.1) is 0 Å². The highest BCUT2D eigenvalue weighted by Crippen LogP contribution is 2.20. The highest BCUT2D eigenvalue weighted by Gasteiger charge is 2.28. The van der Waals surface area contributed by atoms with Crippen LogP contribution in [0, 0.1) is 0 Å². The summed E-state index contributed by atoms with van der Waals surface area (Å²) in [6.07, 6.45) is 3.58. The fourth-order valence-electron chi connectivity index (χ4n) is 2.47. The smallest absolute Gasteiger partial charge is 0.244 e. The van der Waals surface area contributed by atoms with Gasteiger partial charge in [-0.2, -0.15) is 4.31 Å². The third-order valence-corrected chi connectivity index (χ3v) is 5.65. The molecule has 1 aliphatic heterocycles. The molecular formula is C13H22N4O2S. The number of nitrogens with zero attached hydrogens (tertiary/aromatic N) is 3. The number of nitrogens with one attached hydrogen (secondary N) is 1. The number of hydrogen-bond donors (Lipinski definition) is 1. The van der Waals surface area contributed by atoms with E-state index in [1.165, 1.54) is 10.5 Å². The Labute approximate surface area is 120 Å². The van der Waals surface area contributed by atoms with Gasteiger partial charge in [0, 0.05) is 32.9 Å². The Morgan fingerprint density at radius 3 is 2.75 bits per heavy atom. The van der Waals surface area contributed by atoms with E-state index < -0.39 is 10.0 Å². The molecule has 0 spiro atoms. The van der Waals surface area contributed by atoms with Crippen LogP contribution in [0.4, 0.5) is 5.82 Å². The van der Waals surface area contributed by atoms with E-state index in [2.05, 4.69) is 15.2 Å². The molecule has 2 rings (SSSR count). The van der Waals surface area contributed by atoms with E-state index in [-0.39, 0.29) is 4.90 Å². The monoisotopic (exact) mass is 298 g/mol. The average Bonchev–Trinajstić information content (AvgIpc) is 2.84. The fourth-order valence-corrected chi connectivity index (χ4v) is 3.62. The molecule has 7 heteroatoms. The standard InChI is InChI=1S/C13H22N4O2S/c1-14-13-7-6-12(9-15-13)20(18,19)17(3)10-11-5-4-8-16(11)2/h6-7,9,11H,4-5,8,10H2,1-3H3,(H,14,15). The quantitative estimate of drug-likeness (QED) is 0.872. The minimum atomic E-state index is -3.46. The van der Waals surface area contributed by atoms with Crippen molar-refractivity contribution < 1.29 is 8.42 Å². The van der Waals surface area contributed by atoms with Crippen molar-refractivity contribution in [3.63, 3.8) is 0 Å². The number of rotatable bonds is 5. The number of hydrogen-bond acceptors (Lipinski definition) is 5. The van der Waals surface area contributed by atoms with Gasteiger partial charge in [0.15, 0.2) is 0 Å². The maximum atomic E-state index is 12.5. The molecule has 2 heterocycles. The zero-order chi connectivity index (χ0) is 14.8. The van der Waals surface area contributed by atoms with E-state index in [4.69, 9.17) is 0 Å². The Hall–Kier alpha value is -1.18. The van der Waals surface area contributed by atoms with Crippen LogP contribution in [0.25, 0.3) is 0 Å². The van der Waals surface area contributed by atoms with Gasteiger partial charge in [-0.25, -0.2) is 13.4 Å². The summed E-state index contributed by atoms with van der Waals surface area (Å²) in [6.45, 7) is 1.56. The Morgan fingerprint density at radius 2 is 2.25 bits per heavy atom. The Kier molecular flexibility index (Phi) is 4.62. The van der Waals surface area contributed by atoms with Gasteiger partial charge in [-0.15, -0.1) is 0 Å². The van der Waals surface area contributed by atoms with Gasteiger partial charge in [0.2, 0.25) is 10.0 Å². The van der Waals surface area contributed by atoms with E-state index in [1.54, 1.807) is 26.2 Å². The van der Waals surface area contributed by atoms with Crippen LogP contribution in [0.2, 0.25) is 0 Å². The molecule has 1 unspecified atom stereocenters. The maximum Gasteiger partial charge on any atom is 0.244 e. The lowest BCUT2D eigenvalue weighted by molar-refractivity contribution is 0.271. The van der Waals surface area contributed by atoms with E-state index in [0.29, 0.717) is 18.4 Å². The van der Waals surface area contributed by atoms with Gasteiger partial charge in [0.1, 0.15) is 10.7 Å². The van der Waals surface area contributed by atoms with Crippen molar-refractivity contribution in [3.8, 4) is 0 Å². The molecule has 1 aromatic rings. The first kappa shape index (κ1) is 15.2. The molecule has 0 bridgehead atoms. The molecule has 1 aliphatic rings. The molecule has 1 fully saturated rings. The van der Waals surface area contributed by atoms with Gasteiger partial charge >= 0.3 is 0 Å². The molecule has 20 heavy (non-hydrogen) atoms. The minimum absolute atomic E-state index is 0.236. The predicted molar refractivity (Wildman–Crippen MR) is 79.3 cm³/mol. The fraction of sp³-hybridized carbons (Fsp3) is 0.615. The Morgan fingerprint density at radius 1 is 1.50 bits per heavy atom. The summed E-state index contributed by atoms with van der Waals surface area (Å²) in [5, 5.41) is 2.87. The number of likely N-dealkylation sites (N-methyl/N-ethyl adjacent to an activating group) is 2. The summed E-state index contributed by atoms with van der Waals surface area (Å²) in [5.74, 6) is 0.655. The lowest BCUT2D eigenvalue weighted by atomic mass is 10.2. The first-order chi connectivity index (χ1) is 9.45. The Bertz CT molecular complexity index is 544. The lowest BCUT2D eigenvalue weighted by Gasteiger charge is -2.25. The molecule has 0 saturated carbocycles. The lowest BCUT2D eigenvalue weighted by Crippen LogP contribution is -2.39. The van der Waals surface area contributed by atoms with Crippen molar-refractivity contribution in [1.82, 2.24) is 14.2 Å². The minimum Gasteiger partial charge on any atom is -0.373 e. The number of likely N-dealkylation sites (tertiary alicyclic amines) is 1. The van der Waals surface area contributed by atoms with E-state index >= 15 is 0 Å². The molecular weight excluding hydrogens is 276 g/mol. The van der Waals surface area contributed by atoms with Crippen LogP contribution >= 0.6 is 0 Å². The largest absolute Gasteiger partial charge is 0.373 e. The van der Waals surface area contributed by atoms with E-state index in [1.807, 2.05) is 7.05 Å². The molecule has 0 amide bonds. The van der Waals surface area contributed by atoms with Crippen molar-refractivity contribution in [2.45, 2.75) is 23.8 Å². The van der Waals surface area contributed by atoms with Crippen LogP contribution in [0.15, 0.2) is 23.2 Å². The van der Waals surface area contributed by atoms with Crippen LogP contribution < -0.4 is 5.32 Å². The molecule has 0 radical (unpaired) electrons. The normalized spacial score (nSPS) is 20.5. The molecule has 1 atom stereocenters. The van der Waals surface area contributed by atoms with Crippen molar-refractivity contribution in [3.05, 3.63) is 18.3 Å². The summed E-state index contributed by atoms with van der Waals surface area (Å²) >= 11 is 0. The van der Waals surface area contributed by atoms with Crippen LogP contribution in [-0.2, 0) is 10.0 Å². The van der Waals surface area contributed by atoms with Crippen molar-refractivity contribution in [2.24, 2.45) is 0 Å². The molecule has 1 aromatic heterocycles. The first-order valence-corrected chi connectivity index (χ1v) is 8.19. The molecule has 0 aromatic carbocycles. The molecule has 6 nitrogen and oxygen atoms in total. The highest BCUT2D eigenvalue weighted by molar-refractivity contribution is 7.89. The predicted octanol–water partition coefficient (Wildman–Crippen LogP) is 0.838. The molecule has 1 N–H and O–H groups in total. The van der Waals surface area contributed by atoms with Gasteiger partial charge in [-0.05, 0) is 38.6 Å². The Balaban J connectivity index is 2.11. The van der Waals surface area contributed by atoms with Crippen molar-refractivity contribution in [1.29, 1.82) is 0 Å². The SMILES string of the molecule is CNc1ccc(S(=O)(=O)N(C)CC2CCCN2C)cn1. The number of aromatic nitrogens is 1. The number of pyridine rings is 1. The van der Waals surface area contributed by atoms with Gasteiger partial charge in [-0.1, -0.05) is 0 Å². The maximum absolute atomic E-state index is 12.5. The first-order valence-electron chi connectivity index (χ1n) is 6.75. The summed E-state index contributed by atoms with van der Waals surface area (Å²) in [4.78, 5) is 6.52. The second-order valence-electron chi connectivity index (χ2n) is 5.19. The van der Waals surface area contributed by atoms with Crippen molar-refractivity contribution >= 4 is 15.8 Å². The van der Waals surface area contributed by atoms with Gasteiger partial charge < -0.3 is 10.2 Å². The highest BCUT2D eigenvalue weighted by atomic mass is 32.2. The third-order valence-electron chi connectivity index (χ3n) is 3.84. The second-order valence-corrected chi connectivity index (χ2v) is 7.24.